The molecule has 0 heterocycles. The van der Waals surface area contributed by atoms with Crippen molar-refractivity contribution in [1.82, 2.24) is 5.32 Å². The number of hydrogen-bond donors (Lipinski definition) is 2. The van der Waals surface area contributed by atoms with Gasteiger partial charge >= 0.3 is 0 Å². The zero-order valence-electron chi connectivity index (χ0n) is 9.88. The molecule has 1 aromatic rings. The molecule has 0 aliphatic heterocycles. The first-order valence-corrected chi connectivity index (χ1v) is 6.32. The Hall–Kier alpha value is -0.910. The number of hydrogen-bond acceptors (Lipinski definition) is 2. The normalized spacial score (nSPS) is 12.5. The summed E-state index contributed by atoms with van der Waals surface area (Å²) in [5.74, 6) is -0.425. The van der Waals surface area contributed by atoms with Crippen LogP contribution in [0.3, 0.4) is 0 Å². The van der Waals surface area contributed by atoms with E-state index in [2.05, 4.69) is 5.32 Å². The lowest BCUT2D eigenvalue weighted by Gasteiger charge is -2.11. The van der Waals surface area contributed by atoms with Crippen molar-refractivity contribution >= 4 is 29.1 Å². The van der Waals surface area contributed by atoms with Crippen LogP contribution in [-0.4, -0.2) is 30.1 Å². The van der Waals surface area contributed by atoms with E-state index in [1.54, 1.807) is 18.2 Å². The molecule has 1 rings (SSSR count). The highest BCUT2D eigenvalue weighted by molar-refractivity contribution is 6.35. The van der Waals surface area contributed by atoms with Crippen LogP contribution in [0.4, 0.5) is 8.78 Å². The van der Waals surface area contributed by atoms with Gasteiger partial charge < -0.3 is 10.4 Å². The van der Waals surface area contributed by atoms with Crippen LogP contribution in [0.25, 0.3) is 0 Å². The minimum Gasteiger partial charge on any atom is -0.385 e. The number of halogens is 4. The Balaban J connectivity index is 2.38. The van der Waals surface area contributed by atoms with E-state index in [1.807, 2.05) is 0 Å². The van der Waals surface area contributed by atoms with Gasteiger partial charge in [-0.1, -0.05) is 29.3 Å². The highest BCUT2D eigenvalue weighted by Gasteiger charge is 2.17. The summed E-state index contributed by atoms with van der Waals surface area (Å²) in [6.45, 7) is -0.467. The number of aryl methyl sites for hydroxylation is 1. The van der Waals surface area contributed by atoms with E-state index in [4.69, 9.17) is 28.3 Å². The van der Waals surface area contributed by atoms with Crippen molar-refractivity contribution in [2.75, 3.05) is 6.54 Å². The van der Waals surface area contributed by atoms with Crippen molar-refractivity contribution in [1.29, 1.82) is 0 Å². The smallest absolute Gasteiger partial charge is 0.265 e. The summed E-state index contributed by atoms with van der Waals surface area (Å²) < 4.78 is 24.0. The molecule has 2 N–H and O–H groups in total. The topological polar surface area (TPSA) is 49.3 Å². The van der Waals surface area contributed by atoms with E-state index in [0.29, 0.717) is 16.5 Å². The van der Waals surface area contributed by atoms with Gasteiger partial charge in [0.2, 0.25) is 5.91 Å². The molecule has 0 aromatic heterocycles. The lowest BCUT2D eigenvalue weighted by Crippen LogP contribution is -2.35. The molecule has 19 heavy (non-hydrogen) atoms. The second-order valence-electron chi connectivity index (χ2n) is 3.94. The van der Waals surface area contributed by atoms with Crippen molar-refractivity contribution in [3.8, 4) is 0 Å². The molecular weight excluding hydrogens is 299 g/mol. The maximum atomic E-state index is 12.0. The molecule has 0 radical (unpaired) electrons. The molecule has 7 heteroatoms. The van der Waals surface area contributed by atoms with E-state index in [9.17, 15) is 13.6 Å². The fourth-order valence-electron chi connectivity index (χ4n) is 1.37. The largest absolute Gasteiger partial charge is 0.385 e. The summed E-state index contributed by atoms with van der Waals surface area (Å²) in [5, 5.41) is 12.0. The maximum Gasteiger partial charge on any atom is 0.265 e. The number of benzene rings is 1. The van der Waals surface area contributed by atoms with E-state index in [-0.39, 0.29) is 6.42 Å². The standard InChI is InChI=1S/C12H13Cl2F2NO2/c13-8-3-1-7(9(14)5-8)2-4-11(19)17-6-10(18)12(15)16/h1,3,5,10,12,18H,2,4,6H2,(H,17,19). The van der Waals surface area contributed by atoms with Gasteiger partial charge in [-0.05, 0) is 24.1 Å². The summed E-state index contributed by atoms with van der Waals surface area (Å²) in [4.78, 5) is 11.4. The molecule has 1 amide bonds. The zero-order valence-corrected chi connectivity index (χ0v) is 11.4. The number of nitrogens with one attached hydrogen (secondary N) is 1. The number of amides is 1. The fraction of sp³-hybridized carbons (Fsp3) is 0.417. The van der Waals surface area contributed by atoms with Gasteiger partial charge in [-0.25, -0.2) is 8.78 Å². The average Bonchev–Trinajstić information content (AvgIpc) is 2.34. The molecule has 0 fully saturated rings. The molecule has 0 bridgehead atoms. The molecule has 0 aliphatic rings. The van der Waals surface area contributed by atoms with Crippen molar-refractivity contribution in [3.63, 3.8) is 0 Å². The molecule has 0 saturated heterocycles. The van der Waals surface area contributed by atoms with E-state index >= 15 is 0 Å². The maximum absolute atomic E-state index is 12.0. The van der Waals surface area contributed by atoms with Crippen LogP contribution < -0.4 is 5.32 Å². The Bertz CT molecular complexity index is 444. The number of aliphatic hydroxyl groups is 1. The predicted molar refractivity (Wildman–Crippen MR) is 69.8 cm³/mol. The third-order valence-corrected chi connectivity index (χ3v) is 3.02. The number of carbonyl (C=O) groups is 1. The zero-order chi connectivity index (χ0) is 14.4. The second kappa shape index (κ2) is 7.62. The summed E-state index contributed by atoms with van der Waals surface area (Å²) in [6.07, 6.45) is -4.25. The van der Waals surface area contributed by atoms with Crippen molar-refractivity contribution < 1.29 is 18.7 Å². The third kappa shape index (κ3) is 5.72. The minimum atomic E-state index is -2.87. The number of aliphatic hydroxyl groups excluding tert-OH is 1. The van der Waals surface area contributed by atoms with Crippen molar-refractivity contribution in [2.45, 2.75) is 25.4 Å². The Morgan fingerprint density at radius 2 is 2.05 bits per heavy atom. The Morgan fingerprint density at radius 3 is 2.63 bits per heavy atom. The van der Waals surface area contributed by atoms with Gasteiger partial charge in [-0.3, -0.25) is 4.79 Å². The van der Waals surface area contributed by atoms with E-state index in [1.165, 1.54) is 0 Å². The van der Waals surface area contributed by atoms with Gasteiger partial charge in [0.15, 0.2) is 0 Å². The molecule has 1 atom stereocenters. The summed E-state index contributed by atoms with van der Waals surface area (Å²) in [5.41, 5.74) is 0.746. The molecule has 106 valence electrons. The third-order valence-electron chi connectivity index (χ3n) is 2.44. The van der Waals surface area contributed by atoms with Gasteiger partial charge in [0.1, 0.15) is 6.10 Å². The average molecular weight is 312 g/mol. The van der Waals surface area contributed by atoms with E-state index < -0.39 is 25.0 Å². The Morgan fingerprint density at radius 1 is 1.37 bits per heavy atom. The summed E-state index contributed by atoms with van der Waals surface area (Å²) in [6, 6.07) is 4.92. The molecule has 0 aliphatic carbocycles. The van der Waals surface area contributed by atoms with Crippen molar-refractivity contribution in [3.05, 3.63) is 33.8 Å². The van der Waals surface area contributed by atoms with Gasteiger partial charge in [0, 0.05) is 23.0 Å². The lowest BCUT2D eigenvalue weighted by atomic mass is 10.1. The van der Waals surface area contributed by atoms with Crippen LogP contribution in [0.15, 0.2) is 18.2 Å². The van der Waals surface area contributed by atoms with Crippen LogP contribution in [0.5, 0.6) is 0 Å². The van der Waals surface area contributed by atoms with Gasteiger partial charge in [-0.15, -0.1) is 0 Å². The lowest BCUT2D eigenvalue weighted by molar-refractivity contribution is -0.122. The highest BCUT2D eigenvalue weighted by atomic mass is 35.5. The summed E-state index contributed by atoms with van der Waals surface area (Å²) >= 11 is 11.7. The first kappa shape index (κ1) is 16.1. The molecular formula is C12H13Cl2F2NO2. The van der Waals surface area contributed by atoms with Crippen LogP contribution in [0.1, 0.15) is 12.0 Å². The molecule has 3 nitrogen and oxygen atoms in total. The SMILES string of the molecule is O=C(CCc1ccc(Cl)cc1Cl)NCC(O)C(F)F. The first-order chi connectivity index (χ1) is 8.90. The second-order valence-corrected chi connectivity index (χ2v) is 4.79. The number of rotatable bonds is 6. The number of alkyl halides is 2. The van der Waals surface area contributed by atoms with E-state index in [0.717, 1.165) is 5.56 Å². The quantitative estimate of drug-likeness (QED) is 0.848. The van der Waals surface area contributed by atoms with Gasteiger partial charge in [-0.2, -0.15) is 0 Å². The van der Waals surface area contributed by atoms with Crippen LogP contribution in [0, 0.1) is 0 Å². The minimum absolute atomic E-state index is 0.0946. The van der Waals surface area contributed by atoms with Crippen LogP contribution in [-0.2, 0) is 11.2 Å². The molecule has 0 spiro atoms. The monoisotopic (exact) mass is 311 g/mol. The molecule has 1 unspecified atom stereocenters. The van der Waals surface area contributed by atoms with Crippen molar-refractivity contribution in [2.24, 2.45) is 0 Å². The Labute approximate surface area is 119 Å². The van der Waals surface area contributed by atoms with Gasteiger partial charge in [0.25, 0.3) is 6.43 Å². The molecule has 1 aromatic carbocycles. The Kier molecular flexibility index (Phi) is 6.48. The van der Waals surface area contributed by atoms with Crippen LogP contribution >= 0.6 is 23.2 Å². The van der Waals surface area contributed by atoms with Crippen LogP contribution in [0.2, 0.25) is 10.0 Å². The molecule has 0 saturated carbocycles. The number of carbonyl (C=O) groups excluding carboxylic acids is 1. The predicted octanol–water partition coefficient (Wildman–Crippen LogP) is 2.67. The van der Waals surface area contributed by atoms with Gasteiger partial charge in [0.05, 0.1) is 0 Å². The highest BCUT2D eigenvalue weighted by Crippen LogP contribution is 2.21. The first-order valence-electron chi connectivity index (χ1n) is 5.57. The summed E-state index contributed by atoms with van der Waals surface area (Å²) in [7, 11) is 0. The fourth-order valence-corrected chi connectivity index (χ4v) is 1.87.